The minimum Gasteiger partial charge on any atom is -0.507 e. The van der Waals surface area contributed by atoms with Crippen LogP contribution in [-0.4, -0.2) is 136 Å². The van der Waals surface area contributed by atoms with Crippen LogP contribution >= 0.6 is 11.8 Å². The monoisotopic (exact) mass is 1210 g/mol. The van der Waals surface area contributed by atoms with E-state index in [1.807, 2.05) is 111 Å². The molecule has 88 heavy (non-hydrogen) atoms. The van der Waals surface area contributed by atoms with Crippen LogP contribution < -0.4 is 32.4 Å². The number of nitrogens with two attached hydrogens (primary N) is 1. The number of ether oxygens (including phenoxy) is 2. The zero-order valence-electron chi connectivity index (χ0n) is 49.9. The van der Waals surface area contributed by atoms with E-state index in [-0.39, 0.29) is 82.6 Å². The van der Waals surface area contributed by atoms with Gasteiger partial charge in [0.2, 0.25) is 23.3 Å². The summed E-state index contributed by atoms with van der Waals surface area (Å²) >= 11 is 1.08. The van der Waals surface area contributed by atoms with Crippen molar-refractivity contribution in [2.75, 3.05) is 51.4 Å². The number of phenols is 4. The first-order valence-electron chi connectivity index (χ1n) is 29.6. The molecule has 0 spiro atoms. The summed E-state index contributed by atoms with van der Waals surface area (Å²) in [6.07, 6.45) is 1.88. The lowest BCUT2D eigenvalue weighted by molar-refractivity contribution is -0.180. The van der Waals surface area contributed by atoms with E-state index >= 15 is 19.2 Å². The van der Waals surface area contributed by atoms with E-state index in [9.17, 15) is 30.0 Å². The number of amides is 4. The quantitative estimate of drug-likeness (QED) is 0.0226. The largest absolute Gasteiger partial charge is 0.507 e. The molecule has 7 aromatic carbocycles. The van der Waals surface area contributed by atoms with Crippen molar-refractivity contribution in [2.24, 2.45) is 33.5 Å². The molecule has 3 aliphatic rings. The number of rotatable bonds is 15. The molecule has 0 fully saturated rings. The van der Waals surface area contributed by atoms with Gasteiger partial charge in [0.1, 0.15) is 54.2 Å². The normalized spacial score (nSPS) is 18.5. The summed E-state index contributed by atoms with van der Waals surface area (Å²) in [5.41, 5.74) is 10.7. The van der Waals surface area contributed by atoms with Crippen LogP contribution in [0.15, 0.2) is 131 Å². The highest BCUT2D eigenvalue weighted by Crippen LogP contribution is 2.49. The topological polar surface area (TPSA) is 292 Å². The van der Waals surface area contributed by atoms with Crippen molar-refractivity contribution in [2.45, 2.75) is 83.0 Å². The number of nitrogens with one attached hydrogen (secondary N) is 3. The lowest BCUT2D eigenvalue weighted by Crippen LogP contribution is -2.73. The highest BCUT2D eigenvalue weighted by atomic mass is 32.2. The molecule has 20 heteroatoms. The number of fused-ring (bicyclic) bond motifs is 13. The molecule has 0 saturated carbocycles. The van der Waals surface area contributed by atoms with Gasteiger partial charge in [-0.1, -0.05) is 125 Å². The smallest absolute Gasteiger partial charge is 0.343 e. The van der Waals surface area contributed by atoms with Crippen LogP contribution in [0, 0.1) is 17.8 Å². The standard InChI is InChI=1S/C68H73N7O12S/c1-36(2)31-52-63(81)73-38(5)62(80)74-53(32-37(3)4)64(82)75(30-29-72-51-24-23-50(70-27-28-71-52)56-57(51)61(79)59-55(77)26-25-54(76)58(59)60(56)78)68(66(69)84,67(85)87-34-48-45-21-13-9-17-41(45)42-18-10-14-22-46(42)48)49(35-88-6)65(83)86-33-47-43-19-11-7-15-39(43)40-16-8-12-20-44(40)47/h7-26,36-38,47-49,52-53,71,76-79H,27-35H2,1-6H3,(H2,69,84)(H,73,81)(H,74,80)/t38-,49?,52-,53-,68-/m0/s1. The molecule has 1 aliphatic heterocycles. The number of esters is 2. The van der Waals surface area contributed by atoms with Crippen molar-refractivity contribution in [1.29, 1.82) is 0 Å². The van der Waals surface area contributed by atoms with Crippen molar-refractivity contribution < 1.29 is 58.7 Å². The molecule has 458 valence electrons. The second-order valence-corrected chi connectivity index (χ2v) is 24.4. The SMILES string of the molecule is CSCC(C(=O)OCC1c2ccccc2-c2ccccc21)[C@](C(N)=O)(C(=O)OCC1c2ccccc2-c2ccccc21)N1CCN=c2ccc(c3c(O)c4c(O)ccc(O)c4c(O)c23)=NCCN[C@@H](CC(C)C)C(=O)N[C@@H](C)C(=O)N[C@@H](CC(C)C)C1=O. The number of nitrogens with zero attached hydrogens (tertiary/aromatic N) is 3. The van der Waals surface area contributed by atoms with E-state index in [0.29, 0.717) is 6.42 Å². The van der Waals surface area contributed by atoms with Crippen LogP contribution in [-0.2, 0) is 38.2 Å². The zero-order chi connectivity index (χ0) is 62.7. The Labute approximate surface area is 513 Å². The predicted octanol–water partition coefficient (Wildman–Crippen LogP) is 6.85. The molecule has 19 nitrogen and oxygen atoms in total. The number of thioether (sulfide) groups is 1. The molecular weight excluding hydrogens is 1140 g/mol. The van der Waals surface area contributed by atoms with Crippen LogP contribution in [0.3, 0.4) is 0 Å². The number of primary amides is 1. The van der Waals surface area contributed by atoms with Crippen molar-refractivity contribution >= 4 is 68.9 Å². The van der Waals surface area contributed by atoms with Gasteiger partial charge in [-0.3, -0.25) is 34.0 Å². The Hall–Kier alpha value is -9.01. The van der Waals surface area contributed by atoms with E-state index in [1.165, 1.54) is 19.1 Å². The van der Waals surface area contributed by atoms with Crippen LogP contribution in [0.25, 0.3) is 43.8 Å². The number of hydrogen-bond donors (Lipinski definition) is 8. The average Bonchev–Trinajstić information content (AvgIpc) is 3.04. The third-order valence-electron chi connectivity index (χ3n) is 17.0. The molecule has 4 amide bonds. The summed E-state index contributed by atoms with van der Waals surface area (Å²) in [5, 5.41) is 54.9. The highest BCUT2D eigenvalue weighted by Gasteiger charge is 2.62. The Balaban J connectivity index is 1.17. The number of carbonyl (C=O) groups excluding carboxylic acids is 6. The third kappa shape index (κ3) is 11.7. The van der Waals surface area contributed by atoms with Crippen molar-refractivity contribution in [1.82, 2.24) is 20.9 Å². The number of carbonyl (C=O) groups is 6. The van der Waals surface area contributed by atoms with Gasteiger partial charge < -0.3 is 56.5 Å². The lowest BCUT2D eigenvalue weighted by Gasteiger charge is -2.44. The van der Waals surface area contributed by atoms with E-state index < -0.39 is 113 Å². The number of phenolic OH excluding ortho intramolecular Hbond substituents is 4. The summed E-state index contributed by atoms with van der Waals surface area (Å²) in [4.78, 5) is 103. The molecule has 2 bridgehead atoms. The van der Waals surface area contributed by atoms with Crippen molar-refractivity contribution in [3.63, 3.8) is 0 Å². The van der Waals surface area contributed by atoms with E-state index in [2.05, 4.69) is 16.0 Å². The number of aromatic hydroxyl groups is 4. The Kier molecular flexibility index (Phi) is 18.4. The summed E-state index contributed by atoms with van der Waals surface area (Å²) in [6, 6.07) is 32.3. The minimum absolute atomic E-state index is 0.00298. The Bertz CT molecular complexity index is 3930. The van der Waals surface area contributed by atoms with Gasteiger partial charge in [-0.05, 0) is 107 Å². The van der Waals surface area contributed by atoms with E-state index in [4.69, 9.17) is 25.2 Å². The fraction of sp³-hybridized carbons (Fsp3) is 0.353. The molecule has 0 saturated heterocycles. The molecular formula is C68H73N7O12S. The molecule has 10 rings (SSSR count). The van der Waals surface area contributed by atoms with Crippen LogP contribution in [0.5, 0.6) is 23.0 Å². The summed E-state index contributed by atoms with van der Waals surface area (Å²) in [7, 11) is 0. The summed E-state index contributed by atoms with van der Waals surface area (Å²) < 4.78 is 12.8. The summed E-state index contributed by atoms with van der Waals surface area (Å²) in [6.45, 7) is 7.20. The van der Waals surface area contributed by atoms with Crippen LogP contribution in [0.1, 0.15) is 81.5 Å². The average molecular weight is 1210 g/mol. The second kappa shape index (κ2) is 26.1. The van der Waals surface area contributed by atoms with E-state index in [1.54, 1.807) is 20.1 Å². The van der Waals surface area contributed by atoms with Gasteiger partial charge in [-0.2, -0.15) is 11.8 Å². The van der Waals surface area contributed by atoms with Gasteiger partial charge >= 0.3 is 11.9 Å². The maximum absolute atomic E-state index is 16.4. The first-order chi connectivity index (χ1) is 42.3. The van der Waals surface area contributed by atoms with Gasteiger partial charge in [-0.25, -0.2) is 4.79 Å². The fourth-order valence-corrected chi connectivity index (χ4v) is 13.6. The molecule has 0 aromatic heterocycles. The zero-order valence-corrected chi connectivity index (χ0v) is 50.7. The van der Waals surface area contributed by atoms with Gasteiger partial charge in [0.05, 0.1) is 51.4 Å². The predicted molar refractivity (Wildman–Crippen MR) is 335 cm³/mol. The summed E-state index contributed by atoms with van der Waals surface area (Å²) in [5.74, 6) is -12.1. The Morgan fingerprint density at radius 3 is 1.55 bits per heavy atom. The maximum atomic E-state index is 16.4. The van der Waals surface area contributed by atoms with Crippen LogP contribution in [0.4, 0.5) is 0 Å². The van der Waals surface area contributed by atoms with Gasteiger partial charge in [0, 0.05) is 30.7 Å². The first-order valence-corrected chi connectivity index (χ1v) is 31.0. The molecule has 2 aliphatic carbocycles. The van der Waals surface area contributed by atoms with Gasteiger partial charge in [0.15, 0.2) is 0 Å². The molecule has 7 aromatic rings. The number of hydrogen-bond acceptors (Lipinski definition) is 16. The third-order valence-corrected chi connectivity index (χ3v) is 17.6. The number of benzene rings is 7. The van der Waals surface area contributed by atoms with Gasteiger partial charge in [-0.15, -0.1) is 0 Å². The molecule has 1 unspecified atom stereocenters. The molecule has 0 radical (unpaired) electrons. The Morgan fingerprint density at radius 1 is 0.625 bits per heavy atom. The molecule has 5 atom stereocenters. The lowest BCUT2D eigenvalue weighted by atomic mass is 9.80. The fourth-order valence-electron chi connectivity index (χ4n) is 12.9. The van der Waals surface area contributed by atoms with Crippen LogP contribution in [0.2, 0.25) is 0 Å². The van der Waals surface area contributed by atoms with Crippen molar-refractivity contribution in [3.05, 3.63) is 154 Å². The van der Waals surface area contributed by atoms with E-state index in [0.717, 1.165) is 73.3 Å². The molecule has 9 N–H and O–H groups in total. The maximum Gasteiger partial charge on any atom is 0.343 e. The molecule has 1 heterocycles. The Morgan fingerprint density at radius 2 is 1.08 bits per heavy atom. The minimum atomic E-state index is -3.08. The van der Waals surface area contributed by atoms with Gasteiger partial charge in [0.25, 0.3) is 5.91 Å². The van der Waals surface area contributed by atoms with Crippen molar-refractivity contribution in [3.8, 4) is 45.3 Å². The second-order valence-electron chi connectivity index (χ2n) is 23.5. The highest BCUT2D eigenvalue weighted by molar-refractivity contribution is 7.98. The first kappa shape index (κ1) is 62.1.